The molecule has 0 radical (unpaired) electrons. The Bertz CT molecular complexity index is 583. The first-order valence-corrected chi connectivity index (χ1v) is 8.36. The van der Waals surface area contributed by atoms with E-state index in [-0.39, 0.29) is 17.6 Å². The maximum absolute atomic E-state index is 11.3. The third-order valence-electron chi connectivity index (χ3n) is 3.56. The number of nitrogen functional groups attached to an aromatic ring is 1. The fraction of sp³-hybridized carbons (Fsp3) is 0.538. The van der Waals surface area contributed by atoms with E-state index in [0.29, 0.717) is 12.3 Å². The lowest BCUT2D eigenvalue weighted by Gasteiger charge is -2.34. The molecule has 1 fully saturated rings. The zero-order valence-corrected chi connectivity index (χ0v) is 12.6. The number of sulfonamides is 1. The zero-order valence-electron chi connectivity index (χ0n) is 11.7. The second-order valence-electron chi connectivity index (χ2n) is 5.05. The molecular weight excluding hydrogens is 294 g/mol. The second-order valence-corrected chi connectivity index (χ2v) is 6.61. The lowest BCUT2D eigenvalue weighted by molar-refractivity contribution is 0.0159. The van der Waals surface area contributed by atoms with Gasteiger partial charge in [-0.05, 0) is 31.0 Å². The molecule has 0 aliphatic carbocycles. The number of nitrogens with two attached hydrogens (primary N) is 2. The molecule has 1 aliphatic rings. The molecule has 8 heteroatoms. The van der Waals surface area contributed by atoms with E-state index in [1.54, 1.807) is 6.07 Å². The van der Waals surface area contributed by atoms with Crippen LogP contribution in [-0.2, 0) is 14.8 Å². The van der Waals surface area contributed by atoms with E-state index < -0.39 is 10.0 Å². The van der Waals surface area contributed by atoms with Gasteiger partial charge in [-0.2, -0.15) is 0 Å². The molecule has 1 aliphatic heterocycles. The van der Waals surface area contributed by atoms with Crippen molar-refractivity contribution in [3.05, 3.63) is 18.2 Å². The van der Waals surface area contributed by atoms with Gasteiger partial charge >= 0.3 is 0 Å². The summed E-state index contributed by atoms with van der Waals surface area (Å²) in [5, 5.41) is 13.8. The van der Waals surface area contributed by atoms with Gasteiger partial charge in [0.15, 0.2) is 0 Å². The Morgan fingerprint density at radius 1 is 1.33 bits per heavy atom. The molecule has 0 bridgehead atoms. The molecule has 0 aromatic heterocycles. The fourth-order valence-corrected chi connectivity index (χ4v) is 3.03. The maximum Gasteiger partial charge on any atom is 0.238 e. The second kappa shape index (κ2) is 6.61. The predicted octanol–water partition coefficient (Wildman–Crippen LogP) is -0.106. The molecule has 1 heterocycles. The van der Waals surface area contributed by atoms with E-state index in [2.05, 4.69) is 4.90 Å². The number of benzene rings is 1. The van der Waals surface area contributed by atoms with Gasteiger partial charge in [0.05, 0.1) is 35.6 Å². The van der Waals surface area contributed by atoms with Crippen molar-refractivity contribution in [3.8, 4) is 0 Å². The first-order valence-electron chi connectivity index (χ1n) is 6.81. The molecule has 118 valence electrons. The summed E-state index contributed by atoms with van der Waals surface area (Å²) in [6.45, 7) is 1.93. The Labute approximate surface area is 124 Å². The van der Waals surface area contributed by atoms with Gasteiger partial charge in [0.1, 0.15) is 0 Å². The Kier molecular flexibility index (Phi) is 5.04. The van der Waals surface area contributed by atoms with Crippen LogP contribution in [0.5, 0.6) is 0 Å². The quantitative estimate of drug-likeness (QED) is 0.653. The lowest BCUT2D eigenvalue weighted by Crippen LogP contribution is -2.37. The molecule has 0 atom stereocenters. The van der Waals surface area contributed by atoms with Gasteiger partial charge in [0.2, 0.25) is 10.0 Å². The van der Waals surface area contributed by atoms with E-state index >= 15 is 0 Å². The van der Waals surface area contributed by atoms with Crippen LogP contribution in [0.1, 0.15) is 12.8 Å². The topological polar surface area (TPSA) is 119 Å². The number of nitrogens with zero attached hydrogens (tertiary/aromatic N) is 1. The number of rotatable bonds is 5. The van der Waals surface area contributed by atoms with Crippen LogP contribution >= 0.6 is 0 Å². The number of ether oxygens (including phenoxy) is 1. The monoisotopic (exact) mass is 315 g/mol. The van der Waals surface area contributed by atoms with Gasteiger partial charge in [-0.25, -0.2) is 13.6 Å². The number of piperidine rings is 1. The van der Waals surface area contributed by atoms with Crippen LogP contribution in [-0.4, -0.2) is 45.9 Å². The van der Waals surface area contributed by atoms with Crippen molar-refractivity contribution in [1.82, 2.24) is 0 Å². The first kappa shape index (κ1) is 16.0. The third-order valence-corrected chi connectivity index (χ3v) is 4.47. The van der Waals surface area contributed by atoms with Gasteiger partial charge in [0.25, 0.3) is 0 Å². The van der Waals surface area contributed by atoms with E-state index in [1.165, 1.54) is 12.1 Å². The molecule has 0 unspecified atom stereocenters. The fourth-order valence-electron chi connectivity index (χ4n) is 2.48. The summed E-state index contributed by atoms with van der Waals surface area (Å²) in [6.07, 6.45) is 1.84. The van der Waals surface area contributed by atoms with Crippen molar-refractivity contribution in [2.75, 3.05) is 36.9 Å². The highest BCUT2D eigenvalue weighted by Crippen LogP contribution is 2.28. The van der Waals surface area contributed by atoms with Crippen molar-refractivity contribution in [3.63, 3.8) is 0 Å². The van der Waals surface area contributed by atoms with Crippen LogP contribution in [0.2, 0.25) is 0 Å². The van der Waals surface area contributed by atoms with Gasteiger partial charge in [-0.15, -0.1) is 0 Å². The normalized spacial score (nSPS) is 17.1. The van der Waals surface area contributed by atoms with E-state index in [4.69, 9.17) is 20.7 Å². The van der Waals surface area contributed by atoms with Crippen LogP contribution in [0.4, 0.5) is 11.4 Å². The Hall–Kier alpha value is -1.35. The molecule has 0 spiro atoms. The number of primary sulfonamides is 1. The van der Waals surface area contributed by atoms with E-state index in [9.17, 15) is 8.42 Å². The number of hydrogen-bond donors (Lipinski definition) is 3. The molecular formula is C13H21N3O4S. The van der Waals surface area contributed by atoms with Crippen LogP contribution in [0.25, 0.3) is 0 Å². The van der Waals surface area contributed by atoms with Crippen molar-refractivity contribution >= 4 is 21.4 Å². The van der Waals surface area contributed by atoms with Crippen LogP contribution in [0.3, 0.4) is 0 Å². The summed E-state index contributed by atoms with van der Waals surface area (Å²) >= 11 is 0. The summed E-state index contributed by atoms with van der Waals surface area (Å²) < 4.78 is 28.1. The SMILES string of the molecule is Nc1cc(S(N)(=O)=O)ccc1N1CCC(OCCO)CC1. The molecule has 2 rings (SSSR count). The van der Waals surface area contributed by atoms with Crippen molar-refractivity contribution in [1.29, 1.82) is 0 Å². The largest absolute Gasteiger partial charge is 0.397 e. The predicted molar refractivity (Wildman–Crippen MR) is 80.5 cm³/mol. The average Bonchev–Trinajstić information content (AvgIpc) is 2.45. The summed E-state index contributed by atoms with van der Waals surface area (Å²) in [6, 6.07) is 4.54. The minimum atomic E-state index is -3.73. The number of anilines is 2. The number of aliphatic hydroxyl groups excluding tert-OH is 1. The van der Waals surface area contributed by atoms with Crippen molar-refractivity contribution < 1.29 is 18.3 Å². The number of hydrogen-bond acceptors (Lipinski definition) is 6. The van der Waals surface area contributed by atoms with Gasteiger partial charge < -0.3 is 20.5 Å². The van der Waals surface area contributed by atoms with Gasteiger partial charge in [-0.1, -0.05) is 0 Å². The van der Waals surface area contributed by atoms with Crippen molar-refractivity contribution in [2.24, 2.45) is 5.14 Å². The highest BCUT2D eigenvalue weighted by atomic mass is 32.2. The molecule has 1 saturated heterocycles. The molecule has 1 aromatic rings. The molecule has 5 N–H and O–H groups in total. The standard InChI is InChI=1S/C13H21N3O4S/c14-12-9-11(21(15,18)19)1-2-13(12)16-5-3-10(4-6-16)20-8-7-17/h1-2,9-10,17H,3-8,14H2,(H2,15,18,19). The minimum Gasteiger partial charge on any atom is -0.397 e. The summed E-state index contributed by atoms with van der Waals surface area (Å²) in [7, 11) is -3.73. The van der Waals surface area contributed by atoms with E-state index in [1.807, 2.05) is 0 Å². The van der Waals surface area contributed by atoms with Crippen LogP contribution in [0.15, 0.2) is 23.1 Å². The minimum absolute atomic E-state index is 0.0184. The highest BCUT2D eigenvalue weighted by molar-refractivity contribution is 7.89. The van der Waals surface area contributed by atoms with Crippen LogP contribution < -0.4 is 15.8 Å². The Balaban J connectivity index is 2.04. The molecule has 1 aromatic carbocycles. The maximum atomic E-state index is 11.3. The summed E-state index contributed by atoms with van der Waals surface area (Å²) in [5.41, 5.74) is 7.15. The zero-order chi connectivity index (χ0) is 15.5. The summed E-state index contributed by atoms with van der Waals surface area (Å²) in [5.74, 6) is 0. The summed E-state index contributed by atoms with van der Waals surface area (Å²) in [4.78, 5) is 2.12. The van der Waals surface area contributed by atoms with E-state index in [0.717, 1.165) is 31.6 Å². The molecule has 0 amide bonds. The lowest BCUT2D eigenvalue weighted by atomic mass is 10.1. The Morgan fingerprint density at radius 3 is 2.52 bits per heavy atom. The van der Waals surface area contributed by atoms with Crippen LogP contribution in [0, 0.1) is 0 Å². The first-order chi connectivity index (χ1) is 9.91. The molecule has 21 heavy (non-hydrogen) atoms. The molecule has 7 nitrogen and oxygen atoms in total. The number of aliphatic hydroxyl groups is 1. The van der Waals surface area contributed by atoms with Crippen molar-refractivity contribution in [2.45, 2.75) is 23.8 Å². The van der Waals surface area contributed by atoms with Gasteiger partial charge in [0, 0.05) is 13.1 Å². The third kappa shape index (κ3) is 4.07. The Morgan fingerprint density at radius 2 is 2.00 bits per heavy atom. The van der Waals surface area contributed by atoms with Gasteiger partial charge in [-0.3, -0.25) is 0 Å². The molecule has 0 saturated carbocycles. The highest BCUT2D eigenvalue weighted by Gasteiger charge is 2.21. The smallest absolute Gasteiger partial charge is 0.238 e. The average molecular weight is 315 g/mol.